The van der Waals surface area contributed by atoms with Gasteiger partial charge in [0.05, 0.1) is 24.3 Å². The van der Waals surface area contributed by atoms with E-state index in [1.165, 1.54) is 19.2 Å². The summed E-state index contributed by atoms with van der Waals surface area (Å²) in [5, 5.41) is 2.77. The van der Waals surface area contributed by atoms with Crippen LogP contribution in [-0.4, -0.2) is 34.1 Å². The van der Waals surface area contributed by atoms with E-state index in [9.17, 15) is 13.2 Å². The molecular formula is C24H26N2O5S. The molecule has 168 valence electrons. The van der Waals surface area contributed by atoms with E-state index in [2.05, 4.69) is 10.0 Å². The van der Waals surface area contributed by atoms with Crippen LogP contribution in [-0.2, 0) is 21.2 Å². The predicted octanol–water partition coefficient (Wildman–Crippen LogP) is 3.62. The van der Waals surface area contributed by atoms with Crippen LogP contribution in [0.1, 0.15) is 12.5 Å². The second kappa shape index (κ2) is 10.8. The lowest BCUT2D eigenvalue weighted by atomic mass is 10.1. The van der Waals surface area contributed by atoms with E-state index in [-0.39, 0.29) is 11.3 Å². The summed E-state index contributed by atoms with van der Waals surface area (Å²) in [4.78, 5) is 13.2. The largest absolute Gasteiger partial charge is 0.495 e. The summed E-state index contributed by atoms with van der Waals surface area (Å²) >= 11 is 0. The molecule has 1 amide bonds. The Morgan fingerprint density at radius 3 is 2.25 bits per heavy atom. The number of anilines is 1. The summed E-state index contributed by atoms with van der Waals surface area (Å²) in [5.41, 5.74) is 1.28. The van der Waals surface area contributed by atoms with E-state index in [0.29, 0.717) is 23.8 Å². The normalized spacial score (nSPS) is 12.1. The molecule has 7 nitrogen and oxygen atoms in total. The fourth-order valence-corrected chi connectivity index (χ4v) is 4.34. The average Bonchev–Trinajstić information content (AvgIpc) is 2.80. The van der Waals surface area contributed by atoms with Gasteiger partial charge in [0.1, 0.15) is 17.5 Å². The molecule has 0 radical (unpaired) electrons. The van der Waals surface area contributed by atoms with Crippen molar-refractivity contribution in [1.82, 2.24) is 4.72 Å². The van der Waals surface area contributed by atoms with Crippen LogP contribution < -0.4 is 19.5 Å². The van der Waals surface area contributed by atoms with Crippen molar-refractivity contribution in [3.63, 3.8) is 0 Å². The Bertz CT molecular complexity index is 1130. The Labute approximate surface area is 188 Å². The van der Waals surface area contributed by atoms with Crippen molar-refractivity contribution in [2.45, 2.75) is 24.3 Å². The number of carbonyl (C=O) groups is 1. The molecule has 0 spiro atoms. The number of sulfonamides is 1. The lowest BCUT2D eigenvalue weighted by molar-refractivity contribution is -0.117. The first-order valence-electron chi connectivity index (χ1n) is 10.2. The molecule has 0 aliphatic heterocycles. The van der Waals surface area contributed by atoms with Crippen LogP contribution in [0.5, 0.6) is 11.5 Å². The molecule has 0 heterocycles. The molecule has 0 bridgehead atoms. The Morgan fingerprint density at radius 1 is 0.938 bits per heavy atom. The monoisotopic (exact) mass is 454 g/mol. The third kappa shape index (κ3) is 6.09. The van der Waals surface area contributed by atoms with E-state index < -0.39 is 22.0 Å². The summed E-state index contributed by atoms with van der Waals surface area (Å²) in [7, 11) is -2.46. The second-order valence-corrected chi connectivity index (χ2v) is 8.67. The molecule has 0 fully saturated rings. The number of hydrogen-bond donors (Lipinski definition) is 2. The van der Waals surface area contributed by atoms with Crippen LogP contribution in [0.4, 0.5) is 5.69 Å². The number of ether oxygens (including phenoxy) is 2. The lowest BCUT2D eigenvalue weighted by Crippen LogP contribution is -2.45. The number of para-hydroxylation sites is 2. The highest BCUT2D eigenvalue weighted by Crippen LogP contribution is 2.24. The van der Waals surface area contributed by atoms with Gasteiger partial charge in [0, 0.05) is 0 Å². The summed E-state index contributed by atoms with van der Waals surface area (Å²) in [6, 6.07) is 21.2. The number of methoxy groups -OCH3 is 1. The molecule has 3 aromatic carbocycles. The molecule has 0 aromatic heterocycles. The highest BCUT2D eigenvalue weighted by atomic mass is 32.2. The Balaban J connectivity index is 1.85. The van der Waals surface area contributed by atoms with Crippen LogP contribution in [0.15, 0.2) is 83.8 Å². The van der Waals surface area contributed by atoms with Crippen molar-refractivity contribution in [3.05, 3.63) is 84.4 Å². The molecule has 3 aromatic rings. The van der Waals surface area contributed by atoms with Crippen molar-refractivity contribution in [1.29, 1.82) is 0 Å². The van der Waals surface area contributed by atoms with Crippen molar-refractivity contribution in [2.24, 2.45) is 0 Å². The lowest BCUT2D eigenvalue weighted by Gasteiger charge is -2.20. The van der Waals surface area contributed by atoms with Gasteiger partial charge >= 0.3 is 0 Å². The quantitative estimate of drug-likeness (QED) is 0.488. The third-order valence-electron chi connectivity index (χ3n) is 4.71. The summed E-state index contributed by atoms with van der Waals surface area (Å²) in [5.74, 6) is 0.558. The molecule has 32 heavy (non-hydrogen) atoms. The maximum Gasteiger partial charge on any atom is 0.243 e. The molecular weight excluding hydrogens is 428 g/mol. The smallest absolute Gasteiger partial charge is 0.243 e. The van der Waals surface area contributed by atoms with Gasteiger partial charge in [0.2, 0.25) is 15.9 Å². The number of amides is 1. The molecule has 3 rings (SSSR count). The van der Waals surface area contributed by atoms with Gasteiger partial charge in [-0.25, -0.2) is 8.42 Å². The van der Waals surface area contributed by atoms with Crippen molar-refractivity contribution in [2.75, 3.05) is 19.0 Å². The topological polar surface area (TPSA) is 93.7 Å². The zero-order chi connectivity index (χ0) is 23.0. The van der Waals surface area contributed by atoms with Crippen LogP contribution in [0.3, 0.4) is 0 Å². The molecule has 0 saturated heterocycles. The minimum absolute atomic E-state index is 0.0455. The maximum absolute atomic E-state index is 13.1. The van der Waals surface area contributed by atoms with Gasteiger partial charge < -0.3 is 14.8 Å². The van der Waals surface area contributed by atoms with Crippen LogP contribution >= 0.6 is 0 Å². The average molecular weight is 455 g/mol. The minimum Gasteiger partial charge on any atom is -0.495 e. The molecule has 0 aliphatic rings. The number of hydrogen-bond acceptors (Lipinski definition) is 5. The van der Waals surface area contributed by atoms with Crippen LogP contribution in [0, 0.1) is 0 Å². The van der Waals surface area contributed by atoms with E-state index in [4.69, 9.17) is 9.47 Å². The van der Waals surface area contributed by atoms with Crippen molar-refractivity contribution >= 4 is 21.6 Å². The van der Waals surface area contributed by atoms with Gasteiger partial charge in [-0.3, -0.25) is 4.79 Å². The number of rotatable bonds is 10. The number of carbonyl (C=O) groups excluding carboxylic acids is 1. The molecule has 2 N–H and O–H groups in total. The standard InChI is InChI=1S/C24H26N2O5S/c1-3-31-19-13-15-20(16-14-19)32(28,29)26-22(17-18-9-5-4-6-10-18)24(27)25-21-11-7-8-12-23(21)30-2/h4-16,22,26H,3,17H2,1-2H3,(H,25,27)/t22-/m1/s1. The van der Waals surface area contributed by atoms with E-state index in [1.54, 1.807) is 36.4 Å². The first kappa shape index (κ1) is 23.3. The molecule has 1 atom stereocenters. The fraction of sp³-hybridized carbons (Fsp3) is 0.208. The highest BCUT2D eigenvalue weighted by Gasteiger charge is 2.27. The maximum atomic E-state index is 13.1. The van der Waals surface area contributed by atoms with Crippen LogP contribution in [0.25, 0.3) is 0 Å². The van der Waals surface area contributed by atoms with Gasteiger partial charge in [-0.1, -0.05) is 42.5 Å². The predicted molar refractivity (Wildman–Crippen MR) is 123 cm³/mol. The second-order valence-electron chi connectivity index (χ2n) is 6.96. The van der Waals surface area contributed by atoms with Gasteiger partial charge in [0.15, 0.2) is 0 Å². The van der Waals surface area contributed by atoms with Crippen LogP contribution in [0.2, 0.25) is 0 Å². The molecule has 0 unspecified atom stereocenters. The molecule has 8 heteroatoms. The molecule has 0 aliphatic carbocycles. The SMILES string of the molecule is CCOc1ccc(S(=O)(=O)N[C@H](Cc2ccccc2)C(=O)Nc2ccccc2OC)cc1. The zero-order valence-corrected chi connectivity index (χ0v) is 18.8. The zero-order valence-electron chi connectivity index (χ0n) is 17.9. The minimum atomic E-state index is -3.96. The number of nitrogens with one attached hydrogen (secondary N) is 2. The van der Waals surface area contributed by atoms with Gasteiger partial charge in [-0.15, -0.1) is 0 Å². The highest BCUT2D eigenvalue weighted by molar-refractivity contribution is 7.89. The van der Waals surface area contributed by atoms with Gasteiger partial charge in [0.25, 0.3) is 0 Å². The van der Waals surface area contributed by atoms with E-state index in [0.717, 1.165) is 5.56 Å². The van der Waals surface area contributed by atoms with Gasteiger partial charge in [-0.2, -0.15) is 4.72 Å². The molecule has 0 saturated carbocycles. The Morgan fingerprint density at radius 2 is 1.59 bits per heavy atom. The first-order chi connectivity index (χ1) is 15.4. The summed E-state index contributed by atoms with van der Waals surface area (Å²) in [6.07, 6.45) is 0.179. The number of benzene rings is 3. The summed E-state index contributed by atoms with van der Waals surface area (Å²) in [6.45, 7) is 2.33. The Hall–Kier alpha value is -3.36. The van der Waals surface area contributed by atoms with E-state index in [1.807, 2.05) is 37.3 Å². The van der Waals surface area contributed by atoms with Crippen molar-refractivity contribution in [3.8, 4) is 11.5 Å². The Kier molecular flexibility index (Phi) is 7.86. The van der Waals surface area contributed by atoms with Gasteiger partial charge in [-0.05, 0) is 55.3 Å². The van der Waals surface area contributed by atoms with E-state index >= 15 is 0 Å². The third-order valence-corrected chi connectivity index (χ3v) is 6.19. The first-order valence-corrected chi connectivity index (χ1v) is 11.6. The fourth-order valence-electron chi connectivity index (χ4n) is 3.14. The van der Waals surface area contributed by atoms with Crippen molar-refractivity contribution < 1.29 is 22.7 Å². The summed E-state index contributed by atoms with van der Waals surface area (Å²) < 4.78 is 39.2.